The van der Waals surface area contributed by atoms with Crippen molar-refractivity contribution in [1.82, 2.24) is 20.5 Å². The largest absolute Gasteiger partial charge is 0.444 e. The van der Waals surface area contributed by atoms with Crippen molar-refractivity contribution in [3.8, 4) is 0 Å². The first-order valence-corrected chi connectivity index (χ1v) is 9.72. The average molecular weight is 421 g/mol. The molecule has 2 heterocycles. The lowest BCUT2D eigenvalue weighted by Gasteiger charge is -2.37. The van der Waals surface area contributed by atoms with E-state index in [1.54, 1.807) is 52.1 Å². The maximum atomic E-state index is 12.8. The number of rotatable bonds is 3. The van der Waals surface area contributed by atoms with Crippen molar-refractivity contribution in [3.63, 3.8) is 0 Å². The molecule has 1 aliphatic heterocycles. The molecule has 1 aromatic heterocycles. The number of hydrogen-bond acceptors (Lipinski definition) is 4. The van der Waals surface area contributed by atoms with Crippen LogP contribution < -0.4 is 10.6 Å². The summed E-state index contributed by atoms with van der Waals surface area (Å²) in [6, 6.07) is 5.95. The van der Waals surface area contributed by atoms with Crippen molar-refractivity contribution in [3.05, 3.63) is 35.0 Å². The SMILES string of the molecule is CN1CC(NC(=O)OC(C)(C)C)[C@H](NC(=O)c2cc3cc(Cl)ccc3[nH]2)CC1=O. The van der Waals surface area contributed by atoms with Gasteiger partial charge in [0.1, 0.15) is 11.3 Å². The van der Waals surface area contributed by atoms with E-state index in [9.17, 15) is 14.4 Å². The second-order valence-corrected chi connectivity index (χ2v) is 8.66. The number of aromatic amines is 1. The number of aromatic nitrogens is 1. The maximum Gasteiger partial charge on any atom is 0.408 e. The molecule has 0 spiro atoms. The van der Waals surface area contributed by atoms with Crippen molar-refractivity contribution in [2.45, 2.75) is 44.9 Å². The number of hydrogen-bond donors (Lipinski definition) is 3. The minimum Gasteiger partial charge on any atom is -0.444 e. The number of benzene rings is 1. The Labute approximate surface area is 173 Å². The van der Waals surface area contributed by atoms with Gasteiger partial charge in [-0.3, -0.25) is 9.59 Å². The molecule has 1 unspecified atom stereocenters. The van der Waals surface area contributed by atoms with Crippen LogP contribution in [0.2, 0.25) is 5.02 Å². The highest BCUT2D eigenvalue weighted by molar-refractivity contribution is 6.31. The summed E-state index contributed by atoms with van der Waals surface area (Å²) in [5.74, 6) is -0.475. The van der Waals surface area contributed by atoms with Crippen molar-refractivity contribution in [1.29, 1.82) is 0 Å². The van der Waals surface area contributed by atoms with E-state index in [0.29, 0.717) is 10.7 Å². The third-order valence-electron chi connectivity index (χ3n) is 4.62. The number of amides is 3. The van der Waals surface area contributed by atoms with Crippen LogP contribution in [0.3, 0.4) is 0 Å². The zero-order valence-corrected chi connectivity index (χ0v) is 17.6. The molecule has 1 aliphatic rings. The number of nitrogens with zero attached hydrogens (tertiary/aromatic N) is 1. The molecule has 0 saturated carbocycles. The molecule has 29 heavy (non-hydrogen) atoms. The fourth-order valence-electron chi connectivity index (χ4n) is 3.24. The van der Waals surface area contributed by atoms with E-state index in [0.717, 1.165) is 10.9 Å². The Kier molecular flexibility index (Phi) is 5.75. The van der Waals surface area contributed by atoms with Crippen LogP contribution in [0.4, 0.5) is 4.79 Å². The monoisotopic (exact) mass is 420 g/mol. The number of likely N-dealkylation sites (N-methyl/N-ethyl adjacent to an activating group) is 1. The molecule has 156 valence electrons. The summed E-state index contributed by atoms with van der Waals surface area (Å²) in [6.07, 6.45) is -0.515. The fourth-order valence-corrected chi connectivity index (χ4v) is 3.42. The molecular formula is C20H25ClN4O4. The van der Waals surface area contributed by atoms with E-state index < -0.39 is 23.8 Å². The predicted octanol–water partition coefficient (Wildman–Crippen LogP) is 2.68. The van der Waals surface area contributed by atoms with E-state index in [4.69, 9.17) is 16.3 Å². The second-order valence-electron chi connectivity index (χ2n) is 8.23. The minimum absolute atomic E-state index is 0.0781. The number of carbonyl (C=O) groups is 3. The van der Waals surface area contributed by atoms with Crippen LogP contribution in [0.15, 0.2) is 24.3 Å². The number of piperidine rings is 1. The zero-order chi connectivity index (χ0) is 21.3. The van der Waals surface area contributed by atoms with E-state index >= 15 is 0 Å². The van der Waals surface area contributed by atoms with Crippen molar-refractivity contribution >= 4 is 40.4 Å². The second kappa shape index (κ2) is 7.94. The van der Waals surface area contributed by atoms with Crippen LogP contribution in [-0.4, -0.2) is 59.1 Å². The van der Waals surface area contributed by atoms with Crippen LogP contribution in [0.1, 0.15) is 37.7 Å². The Balaban J connectivity index is 1.74. The molecule has 0 radical (unpaired) electrons. The van der Waals surface area contributed by atoms with Crippen LogP contribution in [0.25, 0.3) is 10.9 Å². The highest BCUT2D eigenvalue weighted by Crippen LogP contribution is 2.21. The molecule has 1 saturated heterocycles. The minimum atomic E-state index is -0.648. The molecule has 3 N–H and O–H groups in total. The molecule has 1 aromatic carbocycles. The first-order valence-electron chi connectivity index (χ1n) is 9.34. The lowest BCUT2D eigenvalue weighted by Crippen LogP contribution is -2.61. The Bertz CT molecular complexity index is 950. The van der Waals surface area contributed by atoms with Gasteiger partial charge in [0.2, 0.25) is 5.91 Å². The van der Waals surface area contributed by atoms with Gasteiger partial charge in [-0.25, -0.2) is 4.79 Å². The molecule has 0 bridgehead atoms. The van der Waals surface area contributed by atoms with E-state index in [2.05, 4.69) is 15.6 Å². The van der Waals surface area contributed by atoms with E-state index in [1.165, 1.54) is 4.90 Å². The summed E-state index contributed by atoms with van der Waals surface area (Å²) in [4.78, 5) is 41.7. The van der Waals surface area contributed by atoms with Gasteiger partial charge < -0.3 is 25.3 Å². The molecule has 1 fully saturated rings. The summed E-state index contributed by atoms with van der Waals surface area (Å²) in [6.45, 7) is 5.57. The Morgan fingerprint density at radius 2 is 1.93 bits per heavy atom. The predicted molar refractivity (Wildman–Crippen MR) is 110 cm³/mol. The van der Waals surface area contributed by atoms with Gasteiger partial charge in [-0.05, 0) is 45.0 Å². The number of H-pyrrole nitrogens is 1. The Morgan fingerprint density at radius 1 is 1.21 bits per heavy atom. The summed E-state index contributed by atoms with van der Waals surface area (Å²) in [5, 5.41) is 7.01. The molecule has 9 heteroatoms. The molecule has 3 rings (SSSR count). The highest BCUT2D eigenvalue weighted by atomic mass is 35.5. The van der Waals surface area contributed by atoms with Gasteiger partial charge in [-0.15, -0.1) is 0 Å². The zero-order valence-electron chi connectivity index (χ0n) is 16.8. The van der Waals surface area contributed by atoms with Gasteiger partial charge in [0.25, 0.3) is 5.91 Å². The van der Waals surface area contributed by atoms with Crippen LogP contribution >= 0.6 is 11.6 Å². The average Bonchev–Trinajstić information content (AvgIpc) is 3.00. The number of alkyl carbamates (subject to hydrolysis) is 1. The number of fused-ring (bicyclic) bond motifs is 1. The number of carbonyl (C=O) groups excluding carboxylic acids is 3. The highest BCUT2D eigenvalue weighted by Gasteiger charge is 2.35. The van der Waals surface area contributed by atoms with E-state index in [-0.39, 0.29) is 24.8 Å². The Morgan fingerprint density at radius 3 is 2.62 bits per heavy atom. The quantitative estimate of drug-likeness (QED) is 0.710. The third-order valence-corrected chi connectivity index (χ3v) is 4.86. The number of halogens is 1. The van der Waals surface area contributed by atoms with Crippen LogP contribution in [0, 0.1) is 0 Å². The number of nitrogens with one attached hydrogen (secondary N) is 3. The molecule has 3 amide bonds. The third kappa shape index (κ3) is 5.20. The van der Waals surface area contributed by atoms with Crippen molar-refractivity contribution in [2.24, 2.45) is 0 Å². The van der Waals surface area contributed by atoms with E-state index in [1.807, 2.05) is 0 Å². The first-order chi connectivity index (χ1) is 13.5. The maximum absolute atomic E-state index is 12.8. The molecular weight excluding hydrogens is 396 g/mol. The van der Waals surface area contributed by atoms with Gasteiger partial charge in [0.05, 0.1) is 12.1 Å². The van der Waals surface area contributed by atoms with Gasteiger partial charge in [-0.2, -0.15) is 0 Å². The molecule has 8 nitrogen and oxygen atoms in total. The van der Waals surface area contributed by atoms with Crippen LogP contribution in [0.5, 0.6) is 0 Å². The van der Waals surface area contributed by atoms with Gasteiger partial charge in [0.15, 0.2) is 0 Å². The van der Waals surface area contributed by atoms with Gasteiger partial charge in [-0.1, -0.05) is 11.6 Å². The number of ether oxygens (including phenoxy) is 1. The lowest BCUT2D eigenvalue weighted by atomic mass is 9.98. The normalized spacial score (nSPS) is 19.9. The summed E-state index contributed by atoms with van der Waals surface area (Å²) < 4.78 is 5.31. The first kappa shape index (κ1) is 21.0. The standard InChI is InChI=1S/C20H25ClN4O4/c1-20(2,3)29-19(28)24-16-10-25(4)17(26)9-14(16)23-18(27)15-8-11-7-12(21)5-6-13(11)22-15/h5-8,14,16,22H,9-10H2,1-4H3,(H,23,27)(H,24,28)/t14-,16?/m1/s1. The molecule has 2 atom stereocenters. The summed E-state index contributed by atoms with van der Waals surface area (Å²) in [7, 11) is 1.66. The lowest BCUT2D eigenvalue weighted by molar-refractivity contribution is -0.133. The summed E-state index contributed by atoms with van der Waals surface area (Å²) >= 11 is 6.00. The molecule has 2 aromatic rings. The molecule has 0 aliphatic carbocycles. The van der Waals surface area contributed by atoms with Gasteiger partial charge in [0, 0.05) is 35.9 Å². The van der Waals surface area contributed by atoms with Gasteiger partial charge >= 0.3 is 6.09 Å². The number of likely N-dealkylation sites (tertiary alicyclic amines) is 1. The van der Waals surface area contributed by atoms with Crippen LogP contribution in [-0.2, 0) is 9.53 Å². The Hall–Kier alpha value is -2.74. The van der Waals surface area contributed by atoms with Crippen molar-refractivity contribution in [2.75, 3.05) is 13.6 Å². The topological polar surface area (TPSA) is 104 Å². The summed E-state index contributed by atoms with van der Waals surface area (Å²) in [5.41, 5.74) is 0.484. The smallest absolute Gasteiger partial charge is 0.408 e. The van der Waals surface area contributed by atoms with Crippen molar-refractivity contribution < 1.29 is 19.1 Å². The fraction of sp³-hybridized carbons (Fsp3) is 0.450.